The monoisotopic (exact) mass is 360 g/mol. The molecule has 0 amide bonds. The Bertz CT molecular complexity index is 308. The molecule has 0 spiro atoms. The molecular formula is C12H24O12. The number of aliphatic hydroxyl groups is 10. The summed E-state index contributed by atoms with van der Waals surface area (Å²) in [6.45, 7) is -1.52. The Morgan fingerprint density at radius 2 is 0.792 bits per heavy atom. The lowest BCUT2D eigenvalue weighted by atomic mass is 10.0. The maximum atomic E-state index is 9.90. The molecule has 0 aliphatic rings. The van der Waals surface area contributed by atoms with Crippen LogP contribution in [0.2, 0.25) is 0 Å². The van der Waals surface area contributed by atoms with Crippen LogP contribution in [0.1, 0.15) is 0 Å². The van der Waals surface area contributed by atoms with E-state index in [-0.39, 0.29) is 12.6 Å². The summed E-state index contributed by atoms with van der Waals surface area (Å²) in [5.41, 5.74) is 0. The Hall–Kier alpha value is -1.06. The van der Waals surface area contributed by atoms with E-state index in [2.05, 4.69) is 0 Å². The maximum Gasteiger partial charge on any atom is 0.151 e. The van der Waals surface area contributed by atoms with Gasteiger partial charge in [-0.1, -0.05) is 0 Å². The van der Waals surface area contributed by atoms with E-state index in [1.165, 1.54) is 0 Å². The first kappa shape index (κ1) is 25.2. The molecule has 0 heterocycles. The average molecular weight is 360 g/mol. The molecule has 0 radical (unpaired) electrons. The lowest BCUT2D eigenvalue weighted by Crippen LogP contribution is -2.46. The molecule has 10 N–H and O–H groups in total. The zero-order valence-electron chi connectivity index (χ0n) is 12.5. The molecule has 0 aromatic rings. The normalized spacial score (nSPS) is 21.1. The van der Waals surface area contributed by atoms with Crippen molar-refractivity contribution in [3.8, 4) is 0 Å². The van der Waals surface area contributed by atoms with Crippen LogP contribution in [0.3, 0.4) is 0 Å². The van der Waals surface area contributed by atoms with E-state index in [9.17, 15) is 9.59 Å². The van der Waals surface area contributed by atoms with Crippen molar-refractivity contribution in [3.63, 3.8) is 0 Å². The predicted octanol–water partition coefficient (Wildman–Crippen LogP) is -6.76. The molecule has 0 saturated heterocycles. The van der Waals surface area contributed by atoms with Gasteiger partial charge in [0.1, 0.15) is 48.8 Å². The van der Waals surface area contributed by atoms with E-state index in [0.717, 1.165) is 0 Å². The zero-order valence-corrected chi connectivity index (χ0v) is 12.5. The second-order valence-corrected chi connectivity index (χ2v) is 4.72. The van der Waals surface area contributed by atoms with Crippen LogP contribution in [0.25, 0.3) is 0 Å². The van der Waals surface area contributed by atoms with Gasteiger partial charge in [0.15, 0.2) is 12.6 Å². The van der Waals surface area contributed by atoms with Crippen molar-refractivity contribution >= 4 is 12.6 Å². The summed E-state index contributed by atoms with van der Waals surface area (Å²) in [5.74, 6) is 0. The molecule has 8 atom stereocenters. The highest BCUT2D eigenvalue weighted by Crippen LogP contribution is 2.03. The van der Waals surface area contributed by atoms with Gasteiger partial charge in [0.2, 0.25) is 0 Å². The Labute approximate surface area is 136 Å². The molecule has 0 rings (SSSR count). The summed E-state index contributed by atoms with van der Waals surface area (Å²) in [6.07, 6.45) is -13.7. The minimum atomic E-state index is -1.79. The highest BCUT2D eigenvalue weighted by Gasteiger charge is 2.30. The summed E-state index contributed by atoms with van der Waals surface area (Å²) in [4.78, 5) is 19.8. The smallest absolute Gasteiger partial charge is 0.151 e. The van der Waals surface area contributed by atoms with Crippen molar-refractivity contribution < 1.29 is 60.7 Å². The molecular weight excluding hydrogens is 336 g/mol. The van der Waals surface area contributed by atoms with Crippen molar-refractivity contribution in [2.75, 3.05) is 13.2 Å². The van der Waals surface area contributed by atoms with Crippen LogP contribution < -0.4 is 0 Å². The SMILES string of the molecule is O=C[C@@H](O)[C@@H](O)[C@@H](O)[C@H](O)CO.O=C[C@@H](O)[C@H](O)[C@@H](O)[C@H](O)CO. The molecule has 0 unspecified atom stereocenters. The van der Waals surface area contributed by atoms with E-state index in [1.807, 2.05) is 0 Å². The summed E-state index contributed by atoms with van der Waals surface area (Å²) < 4.78 is 0. The molecule has 12 heteroatoms. The van der Waals surface area contributed by atoms with Crippen molar-refractivity contribution in [2.24, 2.45) is 0 Å². The molecule has 0 saturated carbocycles. The average Bonchev–Trinajstić information content (AvgIpc) is 2.62. The maximum absolute atomic E-state index is 9.90. The molecule has 0 aromatic heterocycles. The number of hydrogen-bond acceptors (Lipinski definition) is 12. The van der Waals surface area contributed by atoms with Crippen LogP contribution in [0.4, 0.5) is 0 Å². The quantitative estimate of drug-likeness (QED) is 0.164. The van der Waals surface area contributed by atoms with Gasteiger partial charge in [0.05, 0.1) is 13.2 Å². The fraction of sp³-hybridized carbons (Fsp3) is 0.833. The third-order valence-corrected chi connectivity index (χ3v) is 2.84. The van der Waals surface area contributed by atoms with Gasteiger partial charge >= 0.3 is 0 Å². The van der Waals surface area contributed by atoms with Gasteiger partial charge in [-0.3, -0.25) is 0 Å². The zero-order chi connectivity index (χ0) is 19.4. The first-order chi connectivity index (χ1) is 11.1. The number of carbonyl (C=O) groups excluding carboxylic acids is 2. The molecule has 0 fully saturated rings. The minimum absolute atomic E-state index is 0.0258. The molecule has 144 valence electrons. The van der Waals surface area contributed by atoms with Crippen LogP contribution in [0.15, 0.2) is 0 Å². The molecule has 0 aromatic carbocycles. The van der Waals surface area contributed by atoms with Gasteiger partial charge in [-0.2, -0.15) is 0 Å². The Morgan fingerprint density at radius 3 is 0.958 bits per heavy atom. The van der Waals surface area contributed by atoms with Gasteiger partial charge in [-0.15, -0.1) is 0 Å². The van der Waals surface area contributed by atoms with Crippen LogP contribution in [0, 0.1) is 0 Å². The Morgan fingerprint density at radius 1 is 0.542 bits per heavy atom. The first-order valence-corrected chi connectivity index (χ1v) is 6.65. The summed E-state index contributed by atoms with van der Waals surface area (Å²) in [5, 5.41) is 87.1. The number of aldehydes is 2. The van der Waals surface area contributed by atoms with E-state index in [4.69, 9.17) is 51.1 Å². The molecule has 0 bridgehead atoms. The van der Waals surface area contributed by atoms with Gasteiger partial charge < -0.3 is 60.7 Å². The van der Waals surface area contributed by atoms with Crippen molar-refractivity contribution in [3.05, 3.63) is 0 Å². The van der Waals surface area contributed by atoms with Gasteiger partial charge in [-0.25, -0.2) is 0 Å². The summed E-state index contributed by atoms with van der Waals surface area (Å²) in [6, 6.07) is 0. The topological polar surface area (TPSA) is 236 Å². The summed E-state index contributed by atoms with van der Waals surface area (Å²) in [7, 11) is 0. The van der Waals surface area contributed by atoms with Crippen molar-refractivity contribution in [1.82, 2.24) is 0 Å². The number of hydrogen-bond donors (Lipinski definition) is 10. The fourth-order valence-corrected chi connectivity index (χ4v) is 1.24. The number of aliphatic hydroxyl groups excluding tert-OH is 10. The Kier molecular flexibility index (Phi) is 13.9. The predicted molar refractivity (Wildman–Crippen MR) is 74.4 cm³/mol. The highest BCUT2D eigenvalue weighted by atomic mass is 16.4. The largest absolute Gasteiger partial charge is 0.394 e. The highest BCUT2D eigenvalue weighted by molar-refractivity contribution is 5.57. The fourth-order valence-electron chi connectivity index (χ4n) is 1.24. The van der Waals surface area contributed by atoms with Crippen LogP contribution in [0.5, 0.6) is 0 Å². The standard InChI is InChI=1S/2C6H12O6/c2*7-1-3(9)5(11)6(12)4(10)2-8/h2*1,3-6,8-12H,2H2/t3-,4-,5+,6+;3-,4-,5-,6+/m11/s1. The van der Waals surface area contributed by atoms with E-state index in [0.29, 0.717) is 0 Å². The van der Waals surface area contributed by atoms with E-state index in [1.54, 1.807) is 0 Å². The molecule has 0 aliphatic heterocycles. The van der Waals surface area contributed by atoms with Crippen LogP contribution in [-0.4, -0.2) is 126 Å². The minimum Gasteiger partial charge on any atom is -0.394 e. The van der Waals surface area contributed by atoms with Crippen LogP contribution in [-0.2, 0) is 9.59 Å². The lowest BCUT2D eigenvalue weighted by molar-refractivity contribution is -0.136. The molecule has 12 nitrogen and oxygen atoms in total. The van der Waals surface area contributed by atoms with Crippen LogP contribution >= 0.6 is 0 Å². The number of rotatable bonds is 10. The van der Waals surface area contributed by atoms with Gasteiger partial charge in [0.25, 0.3) is 0 Å². The van der Waals surface area contributed by atoms with Crippen molar-refractivity contribution in [2.45, 2.75) is 48.8 Å². The second kappa shape index (κ2) is 13.3. The van der Waals surface area contributed by atoms with E-state index >= 15 is 0 Å². The van der Waals surface area contributed by atoms with E-state index < -0.39 is 62.0 Å². The Balaban J connectivity index is 0. The second-order valence-electron chi connectivity index (χ2n) is 4.72. The summed E-state index contributed by atoms with van der Waals surface area (Å²) >= 11 is 0. The third kappa shape index (κ3) is 8.70. The number of carbonyl (C=O) groups is 2. The first-order valence-electron chi connectivity index (χ1n) is 6.65. The third-order valence-electron chi connectivity index (χ3n) is 2.84. The molecule has 24 heavy (non-hydrogen) atoms. The molecule has 0 aliphatic carbocycles. The van der Waals surface area contributed by atoms with Crippen molar-refractivity contribution in [1.29, 1.82) is 0 Å². The lowest BCUT2D eigenvalue weighted by Gasteiger charge is -2.22. The van der Waals surface area contributed by atoms with Gasteiger partial charge in [0, 0.05) is 0 Å². The van der Waals surface area contributed by atoms with Gasteiger partial charge in [-0.05, 0) is 0 Å².